The first-order valence-electron chi connectivity index (χ1n) is 0.651. The average Bonchev–Trinajstić information content (AvgIpc) is 0.811. The molecule has 0 heterocycles. The van der Waals surface area contributed by atoms with Crippen molar-refractivity contribution in [3.05, 3.63) is 0 Å². The summed E-state index contributed by atoms with van der Waals surface area (Å²) in [4.78, 5) is 8.56. The Labute approximate surface area is 75.0 Å². The molecule has 0 aliphatic rings. The maximum atomic E-state index is 8.56. The number of carboxylic acid groups (broad SMARTS) is 2. The Bertz CT molecular complexity index is 40.3. The van der Waals surface area contributed by atoms with Gasteiger partial charge in [0, 0.05) is 0 Å². The van der Waals surface area contributed by atoms with Gasteiger partial charge in [-0.1, -0.05) is 0 Å². The Morgan fingerprint density at radius 3 is 1.50 bits per heavy atom. The molecule has 0 aliphatic heterocycles. The number of rotatable bonds is 0. The van der Waals surface area contributed by atoms with Crippen LogP contribution in [-0.2, 0) is 0 Å². The monoisotopic (exact) mass is 169 g/mol. The summed E-state index contributed by atoms with van der Waals surface area (Å²) in [6.07, 6.45) is -1.83. The van der Waals surface area contributed by atoms with Crippen molar-refractivity contribution in [2.24, 2.45) is 0 Å². The maximum absolute atomic E-state index is 8.56. The van der Waals surface area contributed by atoms with E-state index in [4.69, 9.17) is 15.0 Å². The van der Waals surface area contributed by atoms with E-state index in [1.807, 2.05) is 0 Å². The predicted molar refractivity (Wildman–Crippen MR) is 23.7 cm³/mol. The van der Waals surface area contributed by atoms with E-state index >= 15 is 0 Å². The molecule has 4 nitrogen and oxygen atoms in total. The standard InChI is InChI=1S/CH2O3.H3N.Sr.2H/c2-1(3)4;;;;/h(H2,2,3,4);1H3;;;/q;;+2;2*-1. The number of hydrogen-bond donors (Lipinski definition) is 3. The molecular weight excluding hydrogens is 162 g/mol. The second-order valence-corrected chi connectivity index (χ2v) is 0.283. The fourth-order valence-electron chi connectivity index (χ4n) is 0. The van der Waals surface area contributed by atoms with Crippen molar-refractivity contribution in [2.75, 3.05) is 0 Å². The summed E-state index contributed by atoms with van der Waals surface area (Å²) in [6, 6.07) is 0. The van der Waals surface area contributed by atoms with Gasteiger partial charge in [0.05, 0.1) is 0 Å². The van der Waals surface area contributed by atoms with Crippen LogP contribution in [0.4, 0.5) is 4.79 Å². The fraction of sp³-hybridized carbons (Fsp3) is 0. The second-order valence-electron chi connectivity index (χ2n) is 0.283. The van der Waals surface area contributed by atoms with Crippen LogP contribution in [0.3, 0.4) is 0 Å². The molecule has 0 saturated heterocycles. The third-order valence-corrected chi connectivity index (χ3v) is 0. The molecule has 5 heteroatoms. The molecule has 6 heavy (non-hydrogen) atoms. The van der Waals surface area contributed by atoms with Gasteiger partial charge in [-0.2, -0.15) is 0 Å². The SMILES string of the molecule is N.O=C(O)O.[H-].[H-].[Sr+2]. The van der Waals surface area contributed by atoms with E-state index in [0.717, 1.165) is 0 Å². The summed E-state index contributed by atoms with van der Waals surface area (Å²) in [5.74, 6) is 0. The molecule has 0 radical (unpaired) electrons. The molecule has 0 amide bonds. The van der Waals surface area contributed by atoms with E-state index in [2.05, 4.69) is 0 Å². The van der Waals surface area contributed by atoms with Crippen molar-refractivity contribution in [3.8, 4) is 0 Å². The Hall–Kier alpha value is 0.711. The van der Waals surface area contributed by atoms with Gasteiger partial charge in [0.1, 0.15) is 0 Å². The van der Waals surface area contributed by atoms with Gasteiger partial charge in [-0.25, -0.2) is 4.79 Å². The van der Waals surface area contributed by atoms with Crippen LogP contribution in [0.25, 0.3) is 0 Å². The quantitative estimate of drug-likeness (QED) is 0.452. The Morgan fingerprint density at radius 1 is 1.50 bits per heavy atom. The third kappa shape index (κ3) is 128. The molecule has 0 bridgehead atoms. The summed E-state index contributed by atoms with van der Waals surface area (Å²) < 4.78 is 0. The molecule has 0 saturated carbocycles. The van der Waals surface area contributed by atoms with Crippen molar-refractivity contribution in [1.29, 1.82) is 0 Å². The first kappa shape index (κ1) is 15.9. The smallest absolute Gasteiger partial charge is 1.00 e. The van der Waals surface area contributed by atoms with Gasteiger partial charge in [0.2, 0.25) is 0 Å². The summed E-state index contributed by atoms with van der Waals surface area (Å²) in [7, 11) is 0. The first-order chi connectivity index (χ1) is 1.73. The number of hydrogen-bond acceptors (Lipinski definition) is 2. The van der Waals surface area contributed by atoms with Crippen LogP contribution in [0.5, 0.6) is 0 Å². The van der Waals surface area contributed by atoms with Crippen LogP contribution in [-0.4, -0.2) is 61.9 Å². The van der Waals surface area contributed by atoms with Crippen molar-refractivity contribution >= 4 is 51.6 Å². The van der Waals surface area contributed by atoms with Crippen LogP contribution in [0.1, 0.15) is 2.85 Å². The van der Waals surface area contributed by atoms with E-state index in [1.54, 1.807) is 0 Å². The molecular formula is CH7NO3Sr. The van der Waals surface area contributed by atoms with Crippen molar-refractivity contribution < 1.29 is 17.9 Å². The zero-order chi connectivity index (χ0) is 3.58. The normalized spacial score (nSPS) is 4.00. The van der Waals surface area contributed by atoms with Gasteiger partial charge in [0.15, 0.2) is 0 Å². The minimum Gasteiger partial charge on any atom is -1.00 e. The molecule has 0 aromatic rings. The van der Waals surface area contributed by atoms with Crippen molar-refractivity contribution in [1.82, 2.24) is 6.15 Å². The van der Waals surface area contributed by atoms with Gasteiger partial charge in [-0.15, -0.1) is 0 Å². The zero-order valence-electron chi connectivity index (χ0n) is 5.22. The molecule has 0 rings (SSSR count). The average molecular weight is 169 g/mol. The van der Waals surface area contributed by atoms with E-state index in [0.29, 0.717) is 0 Å². The third-order valence-electron chi connectivity index (χ3n) is 0. The molecule has 36 valence electrons. The van der Waals surface area contributed by atoms with E-state index in [1.165, 1.54) is 0 Å². The summed E-state index contributed by atoms with van der Waals surface area (Å²) in [5.41, 5.74) is 0. The van der Waals surface area contributed by atoms with Crippen molar-refractivity contribution in [2.45, 2.75) is 0 Å². The molecule has 5 N–H and O–H groups in total. The molecule has 0 aliphatic carbocycles. The minimum absolute atomic E-state index is 0. The van der Waals surface area contributed by atoms with Crippen molar-refractivity contribution in [3.63, 3.8) is 0 Å². The van der Waals surface area contributed by atoms with Gasteiger partial charge >= 0.3 is 51.6 Å². The largest absolute Gasteiger partial charge is 2.00 e. The molecule has 0 atom stereocenters. The molecule has 0 spiro atoms. The second kappa shape index (κ2) is 9.20. The van der Waals surface area contributed by atoms with Gasteiger partial charge in [-0.3, -0.25) is 0 Å². The van der Waals surface area contributed by atoms with Gasteiger partial charge < -0.3 is 19.2 Å². The van der Waals surface area contributed by atoms with Gasteiger partial charge in [0.25, 0.3) is 0 Å². The van der Waals surface area contributed by atoms with Crippen LogP contribution in [0.15, 0.2) is 0 Å². The summed E-state index contributed by atoms with van der Waals surface area (Å²) >= 11 is 0. The summed E-state index contributed by atoms with van der Waals surface area (Å²) in [5, 5.41) is 13.9. The topological polar surface area (TPSA) is 92.5 Å². The first-order valence-corrected chi connectivity index (χ1v) is 0.651. The molecule has 0 fully saturated rings. The molecule has 0 aromatic carbocycles. The predicted octanol–water partition coefficient (Wildman–Crippen LogP) is 0.229. The Morgan fingerprint density at radius 2 is 1.50 bits per heavy atom. The molecule has 0 unspecified atom stereocenters. The Balaban J connectivity index is -0.00000000750. The van der Waals surface area contributed by atoms with Crippen LogP contribution in [0, 0.1) is 0 Å². The minimum atomic E-state index is -1.83. The van der Waals surface area contributed by atoms with E-state index < -0.39 is 6.16 Å². The number of carbonyl (C=O) groups is 1. The van der Waals surface area contributed by atoms with Crippen LogP contribution < -0.4 is 6.15 Å². The van der Waals surface area contributed by atoms with Gasteiger partial charge in [-0.05, 0) is 0 Å². The maximum Gasteiger partial charge on any atom is 2.00 e. The van der Waals surface area contributed by atoms with E-state index in [-0.39, 0.29) is 54.5 Å². The fourth-order valence-corrected chi connectivity index (χ4v) is 0. The summed E-state index contributed by atoms with van der Waals surface area (Å²) in [6.45, 7) is 0. The van der Waals surface area contributed by atoms with E-state index in [9.17, 15) is 0 Å². The van der Waals surface area contributed by atoms with Crippen LogP contribution in [0.2, 0.25) is 0 Å². The molecule has 0 aromatic heterocycles. The Kier molecular flexibility index (Phi) is 24.4. The zero-order valence-corrected chi connectivity index (χ0v) is 6.69. The van der Waals surface area contributed by atoms with Crippen LogP contribution >= 0.6 is 0 Å².